The molecule has 0 atom stereocenters. The van der Waals surface area contributed by atoms with Crippen molar-refractivity contribution in [2.45, 2.75) is 6.92 Å². The smallest absolute Gasteiger partial charge is 0.344 e. The summed E-state index contributed by atoms with van der Waals surface area (Å²) in [6.07, 6.45) is 0. The number of fused-ring (bicyclic) bond motifs is 1. The van der Waals surface area contributed by atoms with Crippen molar-refractivity contribution >= 4 is 57.4 Å². The molecular formula is C22H12Cl4O2. The van der Waals surface area contributed by atoms with Gasteiger partial charge in [0.1, 0.15) is 5.58 Å². The van der Waals surface area contributed by atoms with Crippen LogP contribution in [0.5, 0.6) is 0 Å². The molecule has 1 heterocycles. The monoisotopic (exact) mass is 448 g/mol. The van der Waals surface area contributed by atoms with Gasteiger partial charge in [-0.15, -0.1) is 0 Å². The Morgan fingerprint density at radius 2 is 1.43 bits per heavy atom. The summed E-state index contributed by atoms with van der Waals surface area (Å²) in [6, 6.07) is 15.8. The highest BCUT2D eigenvalue weighted by Crippen LogP contribution is 2.40. The molecule has 0 unspecified atom stereocenters. The summed E-state index contributed by atoms with van der Waals surface area (Å²) >= 11 is 24.9. The second kappa shape index (κ2) is 7.46. The van der Waals surface area contributed by atoms with Gasteiger partial charge in [-0.25, -0.2) is 4.79 Å². The van der Waals surface area contributed by atoms with Gasteiger partial charge in [-0.05, 0) is 54.4 Å². The lowest BCUT2D eigenvalue weighted by molar-refractivity contribution is 0.564. The van der Waals surface area contributed by atoms with Crippen LogP contribution in [0.4, 0.5) is 0 Å². The molecule has 4 aromatic rings. The van der Waals surface area contributed by atoms with Gasteiger partial charge in [-0.1, -0.05) is 64.6 Å². The minimum absolute atomic E-state index is 0.344. The van der Waals surface area contributed by atoms with Crippen LogP contribution in [0, 0.1) is 6.92 Å². The summed E-state index contributed by atoms with van der Waals surface area (Å²) in [4.78, 5) is 13.0. The average molecular weight is 450 g/mol. The summed E-state index contributed by atoms with van der Waals surface area (Å²) in [7, 11) is 0. The lowest BCUT2D eigenvalue weighted by Crippen LogP contribution is -2.06. The Bertz CT molecular complexity index is 1270. The van der Waals surface area contributed by atoms with Crippen LogP contribution < -0.4 is 5.63 Å². The summed E-state index contributed by atoms with van der Waals surface area (Å²) < 4.78 is 5.62. The van der Waals surface area contributed by atoms with Crippen LogP contribution in [0.1, 0.15) is 5.56 Å². The Morgan fingerprint density at radius 3 is 2.11 bits per heavy atom. The van der Waals surface area contributed by atoms with Crippen LogP contribution in [0.25, 0.3) is 33.2 Å². The number of benzene rings is 3. The van der Waals surface area contributed by atoms with E-state index in [1.165, 1.54) is 0 Å². The Kier molecular flexibility index (Phi) is 5.15. The SMILES string of the molecule is Cc1cc2oc(=O)c(-c3ccc(Cl)cc3Cl)c(-c3ccc(Cl)cc3)c2cc1Cl. The molecule has 0 saturated carbocycles. The molecule has 6 heteroatoms. The summed E-state index contributed by atoms with van der Waals surface area (Å²) in [6.45, 7) is 1.85. The Hall–Kier alpha value is -1.97. The highest BCUT2D eigenvalue weighted by molar-refractivity contribution is 6.37. The predicted molar refractivity (Wildman–Crippen MR) is 118 cm³/mol. The Labute approximate surface area is 181 Å². The van der Waals surface area contributed by atoms with Crippen molar-refractivity contribution in [1.82, 2.24) is 0 Å². The lowest BCUT2D eigenvalue weighted by atomic mass is 9.92. The summed E-state index contributed by atoms with van der Waals surface area (Å²) in [5.74, 6) is 0. The van der Waals surface area contributed by atoms with Gasteiger partial charge in [0.05, 0.1) is 10.6 Å². The zero-order chi connectivity index (χ0) is 20.0. The molecule has 0 saturated heterocycles. The molecular weight excluding hydrogens is 438 g/mol. The van der Waals surface area contributed by atoms with Crippen LogP contribution in [0.2, 0.25) is 20.1 Å². The standard InChI is InChI=1S/C22H12Cl4O2/c1-11-8-19-16(10-17(11)25)20(12-2-4-13(23)5-3-12)21(22(27)28-19)15-7-6-14(24)9-18(15)26/h2-10H,1H3. The molecule has 0 radical (unpaired) electrons. The fourth-order valence-corrected chi connectivity index (χ4v) is 3.97. The molecule has 2 nitrogen and oxygen atoms in total. The molecule has 0 N–H and O–H groups in total. The van der Waals surface area contributed by atoms with E-state index in [1.54, 1.807) is 42.5 Å². The average Bonchev–Trinajstić information content (AvgIpc) is 2.64. The van der Waals surface area contributed by atoms with Crippen molar-refractivity contribution in [3.8, 4) is 22.3 Å². The second-order valence-corrected chi connectivity index (χ2v) is 8.06. The first-order chi connectivity index (χ1) is 13.3. The van der Waals surface area contributed by atoms with E-state index in [0.29, 0.717) is 47.8 Å². The van der Waals surface area contributed by atoms with Crippen molar-refractivity contribution in [2.24, 2.45) is 0 Å². The van der Waals surface area contributed by atoms with Gasteiger partial charge in [-0.2, -0.15) is 0 Å². The van der Waals surface area contributed by atoms with Gasteiger partial charge in [-0.3, -0.25) is 0 Å². The van der Waals surface area contributed by atoms with E-state index in [4.69, 9.17) is 50.8 Å². The van der Waals surface area contributed by atoms with Gasteiger partial charge in [0.15, 0.2) is 0 Å². The number of hydrogen-bond acceptors (Lipinski definition) is 2. The lowest BCUT2D eigenvalue weighted by Gasteiger charge is -2.14. The van der Waals surface area contributed by atoms with Gasteiger partial charge in [0, 0.05) is 31.6 Å². The second-order valence-electron chi connectivity index (χ2n) is 6.37. The number of halogens is 4. The van der Waals surface area contributed by atoms with Crippen LogP contribution in [0.3, 0.4) is 0 Å². The number of hydrogen-bond donors (Lipinski definition) is 0. The molecule has 0 aliphatic rings. The van der Waals surface area contributed by atoms with Crippen molar-refractivity contribution in [3.05, 3.63) is 90.7 Å². The summed E-state index contributed by atoms with van der Waals surface area (Å²) in [5.41, 5.74) is 3.11. The van der Waals surface area contributed by atoms with Gasteiger partial charge in [0.25, 0.3) is 0 Å². The van der Waals surface area contributed by atoms with Crippen LogP contribution in [-0.4, -0.2) is 0 Å². The van der Waals surface area contributed by atoms with Crippen molar-refractivity contribution in [2.75, 3.05) is 0 Å². The van der Waals surface area contributed by atoms with E-state index in [-0.39, 0.29) is 0 Å². The third-order valence-corrected chi connectivity index (χ3v) is 5.73. The van der Waals surface area contributed by atoms with Gasteiger partial charge < -0.3 is 4.42 Å². The first-order valence-corrected chi connectivity index (χ1v) is 9.84. The highest BCUT2D eigenvalue weighted by Gasteiger charge is 2.21. The first kappa shape index (κ1) is 19.4. The normalized spacial score (nSPS) is 11.2. The minimum atomic E-state index is -0.497. The largest absolute Gasteiger partial charge is 0.422 e. The maximum absolute atomic E-state index is 13.0. The zero-order valence-electron chi connectivity index (χ0n) is 14.5. The topological polar surface area (TPSA) is 30.2 Å². The van der Waals surface area contributed by atoms with E-state index in [0.717, 1.165) is 11.1 Å². The highest BCUT2D eigenvalue weighted by atomic mass is 35.5. The third-order valence-electron chi connectivity index (χ3n) is 4.52. The fraction of sp³-hybridized carbons (Fsp3) is 0.0455. The van der Waals surface area contributed by atoms with Crippen LogP contribution in [0.15, 0.2) is 63.8 Å². The number of rotatable bonds is 2. The molecule has 3 aromatic carbocycles. The molecule has 0 spiro atoms. The molecule has 28 heavy (non-hydrogen) atoms. The molecule has 0 amide bonds. The fourth-order valence-electron chi connectivity index (χ4n) is 3.18. The van der Waals surface area contributed by atoms with Crippen LogP contribution in [-0.2, 0) is 0 Å². The zero-order valence-corrected chi connectivity index (χ0v) is 17.5. The third kappa shape index (κ3) is 3.42. The van der Waals surface area contributed by atoms with E-state index in [9.17, 15) is 4.79 Å². The van der Waals surface area contributed by atoms with Gasteiger partial charge >= 0.3 is 5.63 Å². The minimum Gasteiger partial charge on any atom is -0.422 e. The molecule has 0 aliphatic carbocycles. The van der Waals surface area contributed by atoms with Crippen molar-refractivity contribution in [3.63, 3.8) is 0 Å². The first-order valence-electron chi connectivity index (χ1n) is 8.33. The van der Waals surface area contributed by atoms with Crippen LogP contribution >= 0.6 is 46.4 Å². The molecule has 4 rings (SSSR count). The molecule has 0 bridgehead atoms. The summed E-state index contributed by atoms with van der Waals surface area (Å²) in [5, 5.41) is 2.71. The molecule has 1 aromatic heterocycles. The van der Waals surface area contributed by atoms with E-state index >= 15 is 0 Å². The quantitative estimate of drug-likeness (QED) is 0.289. The van der Waals surface area contributed by atoms with E-state index in [2.05, 4.69) is 0 Å². The molecule has 0 fully saturated rings. The van der Waals surface area contributed by atoms with Crippen molar-refractivity contribution in [1.29, 1.82) is 0 Å². The maximum Gasteiger partial charge on any atom is 0.344 e. The van der Waals surface area contributed by atoms with E-state index in [1.807, 2.05) is 19.1 Å². The van der Waals surface area contributed by atoms with Crippen molar-refractivity contribution < 1.29 is 4.42 Å². The molecule has 0 aliphatic heterocycles. The number of aryl methyl sites for hydroxylation is 1. The Balaban J connectivity index is 2.18. The predicted octanol–water partition coefficient (Wildman–Crippen LogP) is 8.05. The maximum atomic E-state index is 13.0. The Morgan fingerprint density at radius 1 is 0.750 bits per heavy atom. The molecule has 140 valence electrons. The van der Waals surface area contributed by atoms with E-state index < -0.39 is 5.63 Å². The van der Waals surface area contributed by atoms with Gasteiger partial charge in [0.2, 0.25) is 0 Å².